The molecule has 1 aromatic rings. The van der Waals surface area contributed by atoms with E-state index in [1.807, 2.05) is 0 Å². The van der Waals surface area contributed by atoms with Gasteiger partial charge in [-0.25, -0.2) is 4.79 Å². The maximum Gasteiger partial charge on any atom is 0.326 e. The average molecular weight is 607 g/mol. The second-order valence-electron chi connectivity index (χ2n) is 10.9. The normalized spacial score (nSPS) is 14.5. The van der Waals surface area contributed by atoms with Gasteiger partial charge in [0.1, 0.15) is 24.2 Å². The number of carboxylic acids is 2. The molecule has 1 aromatic carbocycles. The van der Waals surface area contributed by atoms with Crippen molar-refractivity contribution in [3.05, 3.63) is 35.9 Å². The smallest absolute Gasteiger partial charge is 0.326 e. The summed E-state index contributed by atoms with van der Waals surface area (Å²) in [4.78, 5) is 86.5. The van der Waals surface area contributed by atoms with Crippen LogP contribution in [-0.4, -0.2) is 81.9 Å². The lowest BCUT2D eigenvalue weighted by Crippen LogP contribution is -2.59. The zero-order valence-electron chi connectivity index (χ0n) is 24.7. The van der Waals surface area contributed by atoms with Crippen LogP contribution < -0.4 is 32.7 Å². The van der Waals surface area contributed by atoms with E-state index in [9.17, 15) is 38.7 Å². The first-order valence-electron chi connectivity index (χ1n) is 13.8. The van der Waals surface area contributed by atoms with Gasteiger partial charge in [-0.05, 0) is 23.8 Å². The van der Waals surface area contributed by atoms with Crippen LogP contribution in [0.3, 0.4) is 0 Å². The zero-order chi connectivity index (χ0) is 32.9. The van der Waals surface area contributed by atoms with Crippen molar-refractivity contribution in [2.45, 2.75) is 83.6 Å². The Hall–Kier alpha value is -4.53. The molecule has 0 saturated heterocycles. The van der Waals surface area contributed by atoms with Crippen molar-refractivity contribution in [3.8, 4) is 0 Å². The molecule has 0 radical (unpaired) electrons. The fourth-order valence-electron chi connectivity index (χ4n) is 4.04. The van der Waals surface area contributed by atoms with Gasteiger partial charge in [-0.3, -0.25) is 28.8 Å². The summed E-state index contributed by atoms with van der Waals surface area (Å²) < 4.78 is 0. The van der Waals surface area contributed by atoms with Gasteiger partial charge in [0.05, 0.1) is 18.9 Å². The molecule has 0 aliphatic carbocycles. The van der Waals surface area contributed by atoms with Gasteiger partial charge >= 0.3 is 11.9 Å². The fraction of sp³-hybridized carbons (Fsp3) is 0.536. The van der Waals surface area contributed by atoms with Crippen LogP contribution in [-0.2, 0) is 40.0 Å². The Morgan fingerprint density at radius 3 is 1.72 bits per heavy atom. The van der Waals surface area contributed by atoms with Crippen LogP contribution in [0.4, 0.5) is 0 Å². The van der Waals surface area contributed by atoms with Crippen molar-refractivity contribution < 1.29 is 43.8 Å². The molecule has 0 aliphatic heterocycles. The number of carbonyl (C=O) groups is 7. The third kappa shape index (κ3) is 13.3. The number of primary amides is 1. The van der Waals surface area contributed by atoms with Crippen molar-refractivity contribution >= 4 is 41.5 Å². The Bertz CT molecular complexity index is 1160. The Morgan fingerprint density at radius 1 is 0.721 bits per heavy atom. The number of amides is 5. The van der Waals surface area contributed by atoms with Gasteiger partial charge in [0, 0.05) is 6.42 Å². The van der Waals surface area contributed by atoms with Crippen LogP contribution >= 0.6 is 0 Å². The molecule has 0 fully saturated rings. The molecule has 5 amide bonds. The number of hydrogen-bond donors (Lipinski definition) is 8. The summed E-state index contributed by atoms with van der Waals surface area (Å²) in [6.45, 7) is 6.85. The summed E-state index contributed by atoms with van der Waals surface area (Å²) in [7, 11) is 0. The number of rotatable bonds is 18. The van der Waals surface area contributed by atoms with Crippen LogP contribution in [0.5, 0.6) is 0 Å². The third-order valence-corrected chi connectivity index (χ3v) is 6.26. The van der Waals surface area contributed by atoms with Crippen molar-refractivity contribution in [3.63, 3.8) is 0 Å². The standard InChI is InChI=1S/C28H42N6O9/c1-14(2)10-18(27(41)34-23(15(3)4)28(42)43)32-25(39)19(11-16-8-6-5-7-9-16)33-26(40)20(13-21(30)35)31-24(38)17(29)12-22(36)37/h5-9,14-15,17-20,23H,10-13,29H2,1-4H3,(H2,30,35)(H,31,38)(H,32,39)(H,33,40)(H,34,41)(H,36,37)(H,42,43)/t17-,18-,19-,20-,23-/m0/s1. The quantitative estimate of drug-likeness (QED) is 0.0972. The van der Waals surface area contributed by atoms with Crippen molar-refractivity contribution in [1.82, 2.24) is 21.3 Å². The second kappa shape index (κ2) is 17.4. The molecule has 10 N–H and O–H groups in total. The minimum Gasteiger partial charge on any atom is -0.481 e. The van der Waals surface area contributed by atoms with E-state index >= 15 is 0 Å². The number of aliphatic carboxylic acids is 2. The molecule has 0 spiro atoms. The molecule has 15 nitrogen and oxygen atoms in total. The molecule has 1 rings (SSSR count). The predicted octanol–water partition coefficient (Wildman–Crippen LogP) is -1.37. The van der Waals surface area contributed by atoms with E-state index in [1.54, 1.807) is 58.0 Å². The van der Waals surface area contributed by atoms with E-state index in [4.69, 9.17) is 16.6 Å². The Kier molecular flexibility index (Phi) is 14.8. The highest BCUT2D eigenvalue weighted by molar-refractivity contribution is 5.97. The van der Waals surface area contributed by atoms with Gasteiger partial charge < -0.3 is 42.9 Å². The van der Waals surface area contributed by atoms with Gasteiger partial charge in [0.25, 0.3) is 0 Å². The summed E-state index contributed by atoms with van der Waals surface area (Å²) in [5.74, 6) is -7.63. The monoisotopic (exact) mass is 606 g/mol. The third-order valence-electron chi connectivity index (χ3n) is 6.26. The summed E-state index contributed by atoms with van der Waals surface area (Å²) in [5.41, 5.74) is 11.4. The molecule has 43 heavy (non-hydrogen) atoms. The highest BCUT2D eigenvalue weighted by atomic mass is 16.4. The molecule has 0 aliphatic rings. The number of nitrogens with one attached hydrogen (secondary N) is 4. The molecule has 0 unspecified atom stereocenters. The van der Waals surface area contributed by atoms with Crippen molar-refractivity contribution in [2.75, 3.05) is 0 Å². The molecular formula is C28H42N6O9. The first-order valence-corrected chi connectivity index (χ1v) is 13.8. The lowest BCUT2D eigenvalue weighted by Gasteiger charge is -2.27. The predicted molar refractivity (Wildman–Crippen MR) is 154 cm³/mol. The molecule has 0 aromatic heterocycles. The van der Waals surface area contributed by atoms with E-state index < -0.39 is 90.4 Å². The van der Waals surface area contributed by atoms with Crippen LogP contribution in [0.2, 0.25) is 0 Å². The summed E-state index contributed by atoms with van der Waals surface area (Å²) in [5, 5.41) is 28.1. The Balaban J connectivity index is 3.28. The minimum absolute atomic E-state index is 0.0616. The lowest BCUT2D eigenvalue weighted by molar-refractivity contribution is -0.143. The van der Waals surface area contributed by atoms with Crippen molar-refractivity contribution in [2.24, 2.45) is 23.3 Å². The summed E-state index contributed by atoms with van der Waals surface area (Å²) in [6, 6.07) is 1.75. The van der Waals surface area contributed by atoms with Crippen LogP contribution in [0.15, 0.2) is 30.3 Å². The largest absolute Gasteiger partial charge is 0.481 e. The van der Waals surface area contributed by atoms with Crippen LogP contribution in [0.25, 0.3) is 0 Å². The molecule has 0 saturated carbocycles. The molecular weight excluding hydrogens is 564 g/mol. The molecule has 0 heterocycles. The number of carbonyl (C=O) groups excluding carboxylic acids is 5. The lowest BCUT2D eigenvalue weighted by atomic mass is 9.99. The van der Waals surface area contributed by atoms with Crippen molar-refractivity contribution in [1.29, 1.82) is 0 Å². The van der Waals surface area contributed by atoms with Gasteiger partial charge in [-0.2, -0.15) is 0 Å². The SMILES string of the molecule is CC(C)C[C@H](NC(=O)[C@H](Cc1ccccc1)NC(=O)[C@H](CC(N)=O)NC(=O)[C@@H](N)CC(=O)O)C(=O)N[C@H](C(=O)O)C(C)C. The van der Waals surface area contributed by atoms with Crippen LogP contribution in [0, 0.1) is 11.8 Å². The summed E-state index contributed by atoms with van der Waals surface area (Å²) >= 11 is 0. The second-order valence-corrected chi connectivity index (χ2v) is 10.9. The number of benzene rings is 1. The zero-order valence-corrected chi connectivity index (χ0v) is 24.7. The van der Waals surface area contributed by atoms with E-state index in [-0.39, 0.29) is 18.8 Å². The average Bonchev–Trinajstić information content (AvgIpc) is 2.89. The fourth-order valence-corrected chi connectivity index (χ4v) is 4.04. The van der Waals surface area contributed by atoms with Crippen LogP contribution in [0.1, 0.15) is 52.5 Å². The summed E-state index contributed by atoms with van der Waals surface area (Å²) in [6.07, 6.45) is -1.33. The minimum atomic E-state index is -1.59. The van der Waals surface area contributed by atoms with E-state index in [0.29, 0.717) is 5.56 Å². The highest BCUT2D eigenvalue weighted by Crippen LogP contribution is 2.10. The maximum absolute atomic E-state index is 13.5. The Labute approximate surface area is 249 Å². The molecule has 238 valence electrons. The van der Waals surface area contributed by atoms with E-state index in [1.165, 1.54) is 0 Å². The molecule has 0 bridgehead atoms. The van der Waals surface area contributed by atoms with Gasteiger partial charge in [0.2, 0.25) is 29.5 Å². The van der Waals surface area contributed by atoms with E-state index in [2.05, 4.69) is 21.3 Å². The maximum atomic E-state index is 13.5. The topological polar surface area (TPSA) is 260 Å². The Morgan fingerprint density at radius 2 is 1.23 bits per heavy atom. The number of carboxylic acid groups (broad SMARTS) is 2. The van der Waals surface area contributed by atoms with E-state index in [0.717, 1.165) is 0 Å². The van der Waals surface area contributed by atoms with Gasteiger partial charge in [-0.1, -0.05) is 58.0 Å². The molecule has 15 heteroatoms. The van der Waals surface area contributed by atoms with Gasteiger partial charge in [0.15, 0.2) is 0 Å². The van der Waals surface area contributed by atoms with Gasteiger partial charge in [-0.15, -0.1) is 0 Å². The molecule has 5 atom stereocenters. The number of nitrogens with two attached hydrogens (primary N) is 2. The first-order chi connectivity index (χ1) is 20.0. The number of hydrogen-bond acceptors (Lipinski definition) is 8. The first kappa shape index (κ1) is 36.5. The highest BCUT2D eigenvalue weighted by Gasteiger charge is 2.33.